The molecule has 6 heteroatoms. The summed E-state index contributed by atoms with van der Waals surface area (Å²) in [6.45, 7) is 5.05. The maximum Gasteiger partial charge on any atom is 0.326 e. The summed E-state index contributed by atoms with van der Waals surface area (Å²) in [6, 6.07) is -1.19. The van der Waals surface area contributed by atoms with Crippen molar-refractivity contribution in [2.24, 2.45) is 5.92 Å². The average Bonchev–Trinajstić information content (AvgIpc) is 2.41. The molecule has 0 rings (SSSR count). The van der Waals surface area contributed by atoms with Crippen molar-refractivity contribution < 1.29 is 14.7 Å². The summed E-state index contributed by atoms with van der Waals surface area (Å²) >= 11 is 1.57. The molecule has 3 N–H and O–H groups in total. The summed E-state index contributed by atoms with van der Waals surface area (Å²) in [4.78, 5) is 22.6. The number of urea groups is 1. The topological polar surface area (TPSA) is 78.4 Å². The second-order valence-corrected chi connectivity index (χ2v) is 6.65. The van der Waals surface area contributed by atoms with Crippen LogP contribution in [0.3, 0.4) is 0 Å². The van der Waals surface area contributed by atoms with E-state index in [0.717, 1.165) is 18.8 Å². The minimum atomic E-state index is -0.979. The van der Waals surface area contributed by atoms with Crippen LogP contribution in [0.15, 0.2) is 0 Å². The van der Waals surface area contributed by atoms with E-state index in [4.69, 9.17) is 5.11 Å². The minimum Gasteiger partial charge on any atom is -0.480 e. The van der Waals surface area contributed by atoms with Crippen LogP contribution in [0.5, 0.6) is 0 Å². The molecule has 0 aromatic heterocycles. The van der Waals surface area contributed by atoms with Gasteiger partial charge in [0, 0.05) is 6.54 Å². The largest absolute Gasteiger partial charge is 0.480 e. The fraction of sp³-hybridized carbons (Fsp3) is 0.867. The van der Waals surface area contributed by atoms with Gasteiger partial charge >= 0.3 is 12.0 Å². The average molecular weight is 318 g/mol. The van der Waals surface area contributed by atoms with E-state index < -0.39 is 12.0 Å². The number of carbonyl (C=O) groups excluding carboxylic acids is 1. The molecular weight excluding hydrogens is 288 g/mol. The van der Waals surface area contributed by atoms with Gasteiger partial charge in [-0.15, -0.1) is 0 Å². The van der Waals surface area contributed by atoms with Gasteiger partial charge in [-0.3, -0.25) is 0 Å². The van der Waals surface area contributed by atoms with E-state index in [1.807, 2.05) is 6.26 Å². The summed E-state index contributed by atoms with van der Waals surface area (Å²) in [5.41, 5.74) is 0. The van der Waals surface area contributed by atoms with Crippen molar-refractivity contribution >= 4 is 23.8 Å². The normalized spacial score (nSPS) is 12.2. The Hall–Kier alpha value is -0.910. The quantitative estimate of drug-likeness (QED) is 0.483. The first kappa shape index (κ1) is 20.1. The third kappa shape index (κ3) is 12.5. The van der Waals surface area contributed by atoms with Crippen LogP contribution in [-0.4, -0.2) is 41.7 Å². The van der Waals surface area contributed by atoms with Crippen molar-refractivity contribution in [3.8, 4) is 0 Å². The fourth-order valence-electron chi connectivity index (χ4n) is 1.94. The Labute approximate surface area is 132 Å². The van der Waals surface area contributed by atoms with Gasteiger partial charge in [0.1, 0.15) is 6.04 Å². The number of carbonyl (C=O) groups is 2. The zero-order chi connectivity index (χ0) is 16.1. The third-order valence-corrected chi connectivity index (χ3v) is 3.85. The number of aliphatic carboxylic acids is 1. The van der Waals surface area contributed by atoms with Crippen LogP contribution in [0.2, 0.25) is 0 Å². The van der Waals surface area contributed by atoms with Gasteiger partial charge < -0.3 is 15.7 Å². The van der Waals surface area contributed by atoms with E-state index in [1.54, 1.807) is 11.8 Å². The Morgan fingerprint density at radius 2 is 1.76 bits per heavy atom. The van der Waals surface area contributed by atoms with Crippen LogP contribution in [0.1, 0.15) is 52.4 Å². The van der Waals surface area contributed by atoms with E-state index in [1.165, 1.54) is 19.3 Å². The lowest BCUT2D eigenvalue weighted by atomic mass is 10.0. The number of nitrogens with one attached hydrogen (secondary N) is 2. The fourth-order valence-corrected chi connectivity index (χ4v) is 2.41. The first-order valence-electron chi connectivity index (χ1n) is 7.73. The number of amides is 2. The smallest absolute Gasteiger partial charge is 0.326 e. The highest BCUT2D eigenvalue weighted by molar-refractivity contribution is 7.98. The van der Waals surface area contributed by atoms with E-state index in [0.29, 0.717) is 18.7 Å². The van der Waals surface area contributed by atoms with E-state index >= 15 is 0 Å². The number of hydrogen-bond acceptors (Lipinski definition) is 3. The van der Waals surface area contributed by atoms with Crippen LogP contribution < -0.4 is 10.6 Å². The summed E-state index contributed by atoms with van der Waals surface area (Å²) in [5, 5.41) is 14.2. The molecule has 124 valence electrons. The van der Waals surface area contributed by atoms with Crippen molar-refractivity contribution in [3.05, 3.63) is 0 Å². The van der Waals surface area contributed by atoms with Crippen LogP contribution in [0.25, 0.3) is 0 Å². The SMILES string of the molecule is CSCC[C@H](NC(=O)NCCCCCCC(C)C)C(=O)O. The molecular formula is C15H30N2O3S. The van der Waals surface area contributed by atoms with Crippen LogP contribution >= 0.6 is 11.8 Å². The second-order valence-electron chi connectivity index (χ2n) is 5.67. The Balaban J connectivity index is 3.66. The number of carboxylic acid groups (broad SMARTS) is 1. The van der Waals surface area contributed by atoms with Crippen molar-refractivity contribution in [3.63, 3.8) is 0 Å². The number of rotatable bonds is 12. The second kappa shape index (κ2) is 12.8. The molecule has 0 aliphatic carbocycles. The van der Waals surface area contributed by atoms with Crippen molar-refractivity contribution in [2.45, 2.75) is 58.4 Å². The molecule has 1 atom stereocenters. The molecule has 0 aliphatic rings. The van der Waals surface area contributed by atoms with E-state index in [-0.39, 0.29) is 6.03 Å². The highest BCUT2D eigenvalue weighted by atomic mass is 32.2. The number of hydrogen-bond donors (Lipinski definition) is 3. The van der Waals surface area contributed by atoms with Crippen molar-refractivity contribution in [1.29, 1.82) is 0 Å². The van der Waals surface area contributed by atoms with Crippen LogP contribution in [0, 0.1) is 5.92 Å². The maximum atomic E-state index is 11.6. The maximum absolute atomic E-state index is 11.6. The molecule has 0 aromatic carbocycles. The Bertz CT molecular complexity index is 299. The van der Waals surface area contributed by atoms with Crippen LogP contribution in [0.4, 0.5) is 4.79 Å². The van der Waals surface area contributed by atoms with Crippen LogP contribution in [-0.2, 0) is 4.79 Å². The van der Waals surface area contributed by atoms with Gasteiger partial charge in [0.2, 0.25) is 0 Å². The van der Waals surface area contributed by atoms with Gasteiger partial charge in [-0.05, 0) is 30.8 Å². The Kier molecular flexibility index (Phi) is 12.2. The predicted molar refractivity (Wildman–Crippen MR) is 88.9 cm³/mol. The minimum absolute atomic E-state index is 0.384. The zero-order valence-electron chi connectivity index (χ0n) is 13.5. The number of thioether (sulfide) groups is 1. The lowest BCUT2D eigenvalue weighted by Crippen LogP contribution is -2.46. The van der Waals surface area contributed by atoms with Gasteiger partial charge in [0.05, 0.1) is 0 Å². The monoisotopic (exact) mass is 318 g/mol. The summed E-state index contributed by atoms with van der Waals surface area (Å²) < 4.78 is 0. The molecule has 0 fully saturated rings. The molecule has 0 radical (unpaired) electrons. The molecule has 0 spiro atoms. The van der Waals surface area contributed by atoms with Gasteiger partial charge in [-0.25, -0.2) is 9.59 Å². The molecule has 0 heterocycles. The Morgan fingerprint density at radius 1 is 1.10 bits per heavy atom. The first-order valence-corrected chi connectivity index (χ1v) is 9.12. The standard InChI is InChI=1S/C15H30N2O3S/c1-12(2)8-6-4-5-7-10-16-15(20)17-13(14(18)19)9-11-21-3/h12-13H,4-11H2,1-3H3,(H,18,19)(H2,16,17,20)/t13-/m0/s1. The summed E-state index contributed by atoms with van der Waals surface area (Å²) in [5.74, 6) is 0.489. The lowest BCUT2D eigenvalue weighted by Gasteiger charge is -2.14. The van der Waals surface area contributed by atoms with Gasteiger partial charge in [0.15, 0.2) is 0 Å². The van der Waals surface area contributed by atoms with Gasteiger partial charge in [0.25, 0.3) is 0 Å². The number of carboxylic acids is 1. The molecule has 2 amide bonds. The lowest BCUT2D eigenvalue weighted by molar-refractivity contribution is -0.139. The number of unbranched alkanes of at least 4 members (excludes halogenated alkanes) is 3. The highest BCUT2D eigenvalue weighted by Crippen LogP contribution is 2.08. The zero-order valence-corrected chi connectivity index (χ0v) is 14.3. The summed E-state index contributed by atoms with van der Waals surface area (Å²) in [6.07, 6.45) is 8.07. The molecule has 0 saturated carbocycles. The summed E-state index contributed by atoms with van der Waals surface area (Å²) in [7, 11) is 0. The van der Waals surface area contributed by atoms with Crippen molar-refractivity contribution in [2.75, 3.05) is 18.6 Å². The molecule has 0 aromatic rings. The molecule has 0 bridgehead atoms. The molecule has 0 aliphatic heterocycles. The first-order chi connectivity index (χ1) is 9.97. The highest BCUT2D eigenvalue weighted by Gasteiger charge is 2.18. The third-order valence-electron chi connectivity index (χ3n) is 3.21. The van der Waals surface area contributed by atoms with Gasteiger partial charge in [-0.2, -0.15) is 11.8 Å². The van der Waals surface area contributed by atoms with Gasteiger partial charge in [-0.1, -0.05) is 39.5 Å². The molecule has 21 heavy (non-hydrogen) atoms. The molecule has 0 saturated heterocycles. The van der Waals surface area contributed by atoms with Crippen molar-refractivity contribution in [1.82, 2.24) is 10.6 Å². The van der Waals surface area contributed by atoms with E-state index in [9.17, 15) is 9.59 Å². The Morgan fingerprint density at radius 3 is 2.33 bits per heavy atom. The molecule has 5 nitrogen and oxygen atoms in total. The van der Waals surface area contributed by atoms with E-state index in [2.05, 4.69) is 24.5 Å². The molecule has 0 unspecified atom stereocenters. The predicted octanol–water partition coefficient (Wildman–Crippen LogP) is 3.10.